The van der Waals surface area contributed by atoms with Crippen molar-refractivity contribution in [2.75, 3.05) is 5.75 Å². The molecular formula is C14H20N4O2S. The molecule has 0 aliphatic heterocycles. The van der Waals surface area contributed by atoms with E-state index < -0.39 is 5.97 Å². The Morgan fingerprint density at radius 3 is 2.57 bits per heavy atom. The fourth-order valence-electron chi connectivity index (χ4n) is 1.97. The van der Waals surface area contributed by atoms with Crippen LogP contribution in [0.2, 0.25) is 0 Å². The molecule has 0 aromatic carbocycles. The third-order valence-electron chi connectivity index (χ3n) is 3.05. The van der Waals surface area contributed by atoms with Crippen molar-refractivity contribution in [1.82, 2.24) is 19.3 Å². The SMILES string of the molecule is CC(C)c1cnc(SCC(=O)O)n1-c1cnn(C(C)C)c1. The van der Waals surface area contributed by atoms with Crippen molar-refractivity contribution < 1.29 is 9.90 Å². The summed E-state index contributed by atoms with van der Waals surface area (Å²) in [6.07, 6.45) is 5.56. The molecule has 7 heteroatoms. The molecule has 0 fully saturated rings. The highest BCUT2D eigenvalue weighted by atomic mass is 32.2. The summed E-state index contributed by atoms with van der Waals surface area (Å²) in [6, 6.07) is 0.278. The second kappa shape index (κ2) is 6.34. The van der Waals surface area contributed by atoms with Gasteiger partial charge in [0.25, 0.3) is 0 Å². The molecule has 0 saturated carbocycles. The van der Waals surface area contributed by atoms with Gasteiger partial charge in [-0.3, -0.25) is 14.0 Å². The van der Waals surface area contributed by atoms with Gasteiger partial charge in [-0.05, 0) is 19.8 Å². The topological polar surface area (TPSA) is 72.9 Å². The van der Waals surface area contributed by atoms with Crippen molar-refractivity contribution in [3.05, 3.63) is 24.3 Å². The largest absolute Gasteiger partial charge is 0.481 e. The number of aromatic nitrogens is 4. The van der Waals surface area contributed by atoms with E-state index in [-0.39, 0.29) is 11.8 Å². The lowest BCUT2D eigenvalue weighted by Gasteiger charge is -2.11. The number of aliphatic carboxylic acids is 1. The first-order valence-electron chi connectivity index (χ1n) is 6.87. The van der Waals surface area contributed by atoms with E-state index in [1.807, 2.05) is 21.6 Å². The Balaban J connectivity index is 2.42. The third kappa shape index (κ3) is 3.47. The van der Waals surface area contributed by atoms with Crippen molar-refractivity contribution in [1.29, 1.82) is 0 Å². The third-order valence-corrected chi connectivity index (χ3v) is 3.99. The van der Waals surface area contributed by atoms with Gasteiger partial charge in [0.05, 0.1) is 23.8 Å². The van der Waals surface area contributed by atoms with Crippen LogP contribution in [0.25, 0.3) is 5.69 Å². The van der Waals surface area contributed by atoms with Crippen LogP contribution in [0.4, 0.5) is 0 Å². The maximum absolute atomic E-state index is 10.8. The Morgan fingerprint density at radius 2 is 2.05 bits per heavy atom. The van der Waals surface area contributed by atoms with Gasteiger partial charge in [-0.1, -0.05) is 25.6 Å². The Morgan fingerprint density at radius 1 is 1.33 bits per heavy atom. The summed E-state index contributed by atoms with van der Waals surface area (Å²) in [4.78, 5) is 15.1. The lowest BCUT2D eigenvalue weighted by atomic mass is 10.1. The zero-order chi connectivity index (χ0) is 15.6. The monoisotopic (exact) mass is 308 g/mol. The number of rotatable bonds is 6. The number of carboxylic acid groups (broad SMARTS) is 1. The summed E-state index contributed by atoms with van der Waals surface area (Å²) < 4.78 is 3.87. The molecule has 6 nitrogen and oxygen atoms in total. The maximum Gasteiger partial charge on any atom is 0.313 e. The molecule has 0 saturated heterocycles. The Hall–Kier alpha value is -1.76. The summed E-state index contributed by atoms with van der Waals surface area (Å²) in [5, 5.41) is 13.9. The molecule has 0 atom stereocenters. The number of hydrogen-bond acceptors (Lipinski definition) is 4. The average Bonchev–Trinajstić information content (AvgIpc) is 3.02. The average molecular weight is 308 g/mol. The molecule has 1 N–H and O–H groups in total. The number of hydrogen-bond donors (Lipinski definition) is 1. The predicted molar refractivity (Wildman–Crippen MR) is 82.2 cm³/mol. The first-order chi connectivity index (χ1) is 9.90. The molecule has 2 aromatic heterocycles. The van der Waals surface area contributed by atoms with Gasteiger partial charge in [-0.25, -0.2) is 4.98 Å². The van der Waals surface area contributed by atoms with E-state index in [0.717, 1.165) is 11.4 Å². The van der Waals surface area contributed by atoms with Crippen LogP contribution in [-0.2, 0) is 4.79 Å². The summed E-state index contributed by atoms with van der Waals surface area (Å²) in [7, 11) is 0. The zero-order valence-electron chi connectivity index (χ0n) is 12.6. The van der Waals surface area contributed by atoms with Gasteiger partial charge in [0.1, 0.15) is 0 Å². The van der Waals surface area contributed by atoms with Crippen LogP contribution < -0.4 is 0 Å². The van der Waals surface area contributed by atoms with Crippen LogP contribution in [0, 0.1) is 0 Å². The number of carbonyl (C=O) groups is 1. The number of thioether (sulfide) groups is 1. The molecule has 0 unspecified atom stereocenters. The molecule has 21 heavy (non-hydrogen) atoms. The minimum Gasteiger partial charge on any atom is -0.481 e. The van der Waals surface area contributed by atoms with Gasteiger partial charge in [-0.2, -0.15) is 5.10 Å². The lowest BCUT2D eigenvalue weighted by Crippen LogP contribution is -2.05. The van der Waals surface area contributed by atoms with Gasteiger partial charge in [0, 0.05) is 17.9 Å². The van der Waals surface area contributed by atoms with E-state index in [9.17, 15) is 4.79 Å². The van der Waals surface area contributed by atoms with Gasteiger partial charge >= 0.3 is 5.97 Å². The van der Waals surface area contributed by atoms with Crippen LogP contribution in [-0.4, -0.2) is 36.2 Å². The molecule has 0 aliphatic carbocycles. The molecule has 114 valence electrons. The van der Waals surface area contributed by atoms with Gasteiger partial charge in [0.2, 0.25) is 0 Å². The minimum absolute atomic E-state index is 0.00708. The van der Waals surface area contributed by atoms with Gasteiger partial charge < -0.3 is 5.11 Å². The summed E-state index contributed by atoms with van der Waals surface area (Å²) in [5.41, 5.74) is 1.96. The van der Waals surface area contributed by atoms with Crippen LogP contribution in [0.3, 0.4) is 0 Å². The maximum atomic E-state index is 10.8. The molecule has 0 bridgehead atoms. The van der Waals surface area contributed by atoms with E-state index in [1.54, 1.807) is 6.20 Å². The highest BCUT2D eigenvalue weighted by Crippen LogP contribution is 2.27. The number of carboxylic acids is 1. The zero-order valence-corrected chi connectivity index (χ0v) is 13.5. The number of nitrogens with zero attached hydrogens (tertiary/aromatic N) is 4. The second-order valence-electron chi connectivity index (χ2n) is 5.41. The van der Waals surface area contributed by atoms with E-state index in [4.69, 9.17) is 5.11 Å². The molecule has 2 aromatic rings. The minimum atomic E-state index is -0.849. The molecule has 0 amide bonds. The quantitative estimate of drug-likeness (QED) is 0.831. The number of imidazole rings is 1. The van der Waals surface area contributed by atoms with Gasteiger partial charge in [-0.15, -0.1) is 0 Å². The molecule has 2 rings (SSSR count). The first kappa shape index (κ1) is 15.6. The van der Waals surface area contributed by atoms with Crippen molar-refractivity contribution in [2.24, 2.45) is 0 Å². The highest BCUT2D eigenvalue weighted by molar-refractivity contribution is 7.99. The lowest BCUT2D eigenvalue weighted by molar-refractivity contribution is -0.133. The molecule has 0 aliphatic rings. The fourth-order valence-corrected chi connectivity index (χ4v) is 2.69. The summed E-state index contributed by atoms with van der Waals surface area (Å²) in [6.45, 7) is 8.31. The van der Waals surface area contributed by atoms with E-state index in [2.05, 4.69) is 37.8 Å². The smallest absolute Gasteiger partial charge is 0.313 e. The highest BCUT2D eigenvalue weighted by Gasteiger charge is 2.17. The Labute approximate surface area is 128 Å². The molecule has 0 radical (unpaired) electrons. The summed E-state index contributed by atoms with van der Waals surface area (Å²) >= 11 is 1.22. The standard InChI is InChI=1S/C14H20N4O2S/c1-9(2)12-6-15-14(21-8-13(19)20)18(12)11-5-16-17(7-11)10(3)4/h5-7,9-10H,8H2,1-4H3,(H,19,20). The van der Waals surface area contributed by atoms with Crippen molar-refractivity contribution >= 4 is 17.7 Å². The molecule has 2 heterocycles. The van der Waals surface area contributed by atoms with Crippen LogP contribution in [0.1, 0.15) is 45.3 Å². The van der Waals surface area contributed by atoms with Crippen LogP contribution in [0.15, 0.2) is 23.7 Å². The van der Waals surface area contributed by atoms with Crippen molar-refractivity contribution in [3.63, 3.8) is 0 Å². The molecule has 0 spiro atoms. The predicted octanol–water partition coefficient (Wildman–Crippen LogP) is 2.95. The van der Waals surface area contributed by atoms with E-state index in [0.29, 0.717) is 11.1 Å². The van der Waals surface area contributed by atoms with Crippen LogP contribution >= 0.6 is 11.8 Å². The van der Waals surface area contributed by atoms with Gasteiger partial charge in [0.15, 0.2) is 5.16 Å². The Kier molecular flexibility index (Phi) is 4.72. The normalized spacial score (nSPS) is 11.5. The Bertz CT molecular complexity index is 631. The van der Waals surface area contributed by atoms with E-state index in [1.165, 1.54) is 11.8 Å². The van der Waals surface area contributed by atoms with Crippen LogP contribution in [0.5, 0.6) is 0 Å². The second-order valence-corrected chi connectivity index (χ2v) is 6.35. The van der Waals surface area contributed by atoms with Crippen molar-refractivity contribution in [3.8, 4) is 5.69 Å². The first-order valence-corrected chi connectivity index (χ1v) is 7.85. The van der Waals surface area contributed by atoms with E-state index >= 15 is 0 Å². The van der Waals surface area contributed by atoms with Crippen molar-refractivity contribution in [2.45, 2.75) is 44.8 Å². The molecular weight excluding hydrogens is 288 g/mol. The summed E-state index contributed by atoms with van der Waals surface area (Å²) in [5.74, 6) is -0.565. The fraction of sp³-hybridized carbons (Fsp3) is 0.500.